The Labute approximate surface area is 131 Å². The van der Waals surface area contributed by atoms with E-state index in [2.05, 4.69) is 22.6 Å². The van der Waals surface area contributed by atoms with Crippen LogP contribution in [0.3, 0.4) is 0 Å². The van der Waals surface area contributed by atoms with Gasteiger partial charge in [-0.05, 0) is 5.92 Å². The van der Waals surface area contributed by atoms with Crippen molar-refractivity contribution in [3.8, 4) is 11.8 Å². The molecule has 0 radical (unpaired) electrons. The van der Waals surface area contributed by atoms with E-state index in [4.69, 9.17) is 0 Å². The Bertz CT molecular complexity index is 668. The first-order chi connectivity index (χ1) is 10.8. The van der Waals surface area contributed by atoms with E-state index in [1.165, 1.54) is 6.42 Å². The summed E-state index contributed by atoms with van der Waals surface area (Å²) in [5.74, 6) is 6.26. The molecular formula is C20H20NO+. The zero-order valence-corrected chi connectivity index (χ0v) is 12.6. The van der Waals surface area contributed by atoms with Gasteiger partial charge < -0.3 is 5.11 Å². The normalized spacial score (nSPS) is 14.1. The van der Waals surface area contributed by atoms with Crippen LogP contribution in [0.5, 0.6) is 0 Å². The smallest absolute Gasteiger partial charge is 0.203 e. The van der Waals surface area contributed by atoms with Crippen molar-refractivity contribution in [2.45, 2.75) is 18.4 Å². The maximum Gasteiger partial charge on any atom is 0.203 e. The summed E-state index contributed by atoms with van der Waals surface area (Å²) in [5, 5.41) is 11.2. The summed E-state index contributed by atoms with van der Waals surface area (Å²) in [6, 6.07) is 19.3. The van der Waals surface area contributed by atoms with E-state index in [9.17, 15) is 5.11 Å². The summed E-state index contributed by atoms with van der Waals surface area (Å²) in [6.45, 7) is 1.73. The van der Waals surface area contributed by atoms with Crippen LogP contribution in [0.1, 0.15) is 24.0 Å². The van der Waals surface area contributed by atoms with Crippen LogP contribution in [0.4, 0.5) is 0 Å². The van der Waals surface area contributed by atoms with Gasteiger partial charge in [-0.1, -0.05) is 66.6 Å². The molecular weight excluding hydrogens is 270 g/mol. The van der Waals surface area contributed by atoms with E-state index in [1.807, 2.05) is 60.7 Å². The van der Waals surface area contributed by atoms with Gasteiger partial charge in [-0.2, -0.15) is 0 Å². The van der Waals surface area contributed by atoms with Crippen LogP contribution < -0.4 is 0 Å². The molecule has 1 aliphatic rings. The van der Waals surface area contributed by atoms with Crippen molar-refractivity contribution >= 4 is 6.21 Å². The van der Waals surface area contributed by atoms with Crippen LogP contribution in [0.2, 0.25) is 0 Å². The summed E-state index contributed by atoms with van der Waals surface area (Å²) in [5.41, 5.74) is 0.348. The maximum absolute atomic E-state index is 11.2. The van der Waals surface area contributed by atoms with Crippen molar-refractivity contribution in [3.05, 3.63) is 71.8 Å². The van der Waals surface area contributed by atoms with E-state index in [0.717, 1.165) is 24.1 Å². The first kappa shape index (κ1) is 14.6. The lowest BCUT2D eigenvalue weighted by atomic mass is 9.87. The summed E-state index contributed by atoms with van der Waals surface area (Å²) in [7, 11) is 0. The van der Waals surface area contributed by atoms with E-state index < -0.39 is 5.60 Å². The molecule has 3 rings (SSSR count). The minimum Gasteiger partial charge on any atom is -0.369 e. The third kappa shape index (κ3) is 3.10. The Kier molecular flexibility index (Phi) is 4.37. The third-order valence-electron chi connectivity index (χ3n) is 3.97. The topological polar surface area (TPSA) is 23.2 Å². The van der Waals surface area contributed by atoms with E-state index in [1.54, 1.807) is 0 Å². The van der Waals surface area contributed by atoms with E-state index in [-0.39, 0.29) is 0 Å². The molecule has 0 saturated carbocycles. The molecule has 0 spiro atoms. The lowest BCUT2D eigenvalue weighted by Gasteiger charge is -2.23. The number of nitrogens with zero attached hydrogens (tertiary/aromatic N) is 1. The average molecular weight is 290 g/mol. The molecule has 2 aromatic rings. The highest BCUT2D eigenvalue weighted by Crippen LogP contribution is 2.28. The number of hydrogen-bond donors (Lipinski definition) is 1. The monoisotopic (exact) mass is 290 g/mol. The minimum absolute atomic E-state index is 0.669. The van der Waals surface area contributed by atoms with E-state index in [0.29, 0.717) is 6.54 Å². The summed E-state index contributed by atoms with van der Waals surface area (Å²) in [4.78, 5) is 0. The second-order valence-electron chi connectivity index (χ2n) is 5.54. The zero-order chi connectivity index (χ0) is 15.3. The number of hydrogen-bond acceptors (Lipinski definition) is 1. The van der Waals surface area contributed by atoms with Crippen molar-refractivity contribution in [1.29, 1.82) is 0 Å². The fourth-order valence-electron chi connectivity index (χ4n) is 2.74. The molecule has 0 atom stereocenters. The lowest BCUT2D eigenvalue weighted by Crippen LogP contribution is -2.25. The van der Waals surface area contributed by atoms with Crippen LogP contribution in [-0.4, -0.2) is 29.0 Å². The van der Waals surface area contributed by atoms with Gasteiger partial charge in [0.25, 0.3) is 0 Å². The number of benzene rings is 2. The predicted octanol–water partition coefficient (Wildman–Crippen LogP) is 2.80. The Hall–Kier alpha value is -2.37. The standard InChI is InChI=1S/C20H20NO/c22-20(18-10-3-1-4-11-18,19-12-5-2-6-13-19)14-9-17-21-15-7-8-16-21/h1-6,10-13,15,22H,7-8,16-17H2/q+1. The maximum atomic E-state index is 11.2. The predicted molar refractivity (Wildman–Crippen MR) is 89.0 cm³/mol. The number of aliphatic hydroxyl groups is 1. The largest absolute Gasteiger partial charge is 0.369 e. The van der Waals surface area contributed by atoms with Crippen LogP contribution in [0.25, 0.3) is 0 Å². The summed E-state index contributed by atoms with van der Waals surface area (Å²) in [6.07, 6.45) is 4.52. The van der Waals surface area contributed by atoms with Gasteiger partial charge in [0.15, 0.2) is 5.60 Å². The van der Waals surface area contributed by atoms with Crippen molar-refractivity contribution < 1.29 is 9.68 Å². The second-order valence-corrected chi connectivity index (χ2v) is 5.54. The lowest BCUT2D eigenvalue weighted by molar-refractivity contribution is -0.503. The molecule has 0 fully saturated rings. The molecule has 1 heterocycles. The molecule has 2 aromatic carbocycles. The highest BCUT2D eigenvalue weighted by Gasteiger charge is 2.29. The van der Waals surface area contributed by atoms with Crippen LogP contribution in [-0.2, 0) is 5.60 Å². The van der Waals surface area contributed by atoms with Crippen molar-refractivity contribution in [2.24, 2.45) is 0 Å². The molecule has 0 saturated heterocycles. The molecule has 0 unspecified atom stereocenters. The molecule has 110 valence electrons. The third-order valence-corrected chi connectivity index (χ3v) is 3.97. The van der Waals surface area contributed by atoms with Gasteiger partial charge in [0.2, 0.25) is 6.54 Å². The quantitative estimate of drug-likeness (QED) is 0.682. The van der Waals surface area contributed by atoms with Gasteiger partial charge in [-0.3, -0.25) is 0 Å². The summed E-state index contributed by atoms with van der Waals surface area (Å²) < 4.78 is 2.21. The highest BCUT2D eigenvalue weighted by molar-refractivity contribution is 5.52. The highest BCUT2D eigenvalue weighted by atomic mass is 16.3. The Morgan fingerprint density at radius 1 is 0.955 bits per heavy atom. The molecule has 2 nitrogen and oxygen atoms in total. The Morgan fingerprint density at radius 2 is 1.55 bits per heavy atom. The van der Waals surface area contributed by atoms with Gasteiger partial charge in [0.1, 0.15) is 12.8 Å². The SMILES string of the molecule is OC(C#CC[N+]1=CCCC1)(c1ccccc1)c1ccccc1. The van der Waals surface area contributed by atoms with Crippen molar-refractivity contribution in [2.75, 3.05) is 13.1 Å². The van der Waals surface area contributed by atoms with Crippen molar-refractivity contribution in [1.82, 2.24) is 0 Å². The van der Waals surface area contributed by atoms with E-state index >= 15 is 0 Å². The molecule has 1 N–H and O–H groups in total. The molecule has 22 heavy (non-hydrogen) atoms. The molecule has 0 bridgehead atoms. The fraction of sp³-hybridized carbons (Fsp3) is 0.250. The average Bonchev–Trinajstić information content (AvgIpc) is 3.10. The molecule has 0 aliphatic carbocycles. The van der Waals surface area contributed by atoms with Gasteiger partial charge in [-0.25, -0.2) is 4.58 Å². The van der Waals surface area contributed by atoms with Crippen LogP contribution in [0.15, 0.2) is 60.7 Å². The van der Waals surface area contributed by atoms with Gasteiger partial charge in [0, 0.05) is 24.0 Å². The fourth-order valence-corrected chi connectivity index (χ4v) is 2.74. The van der Waals surface area contributed by atoms with Gasteiger partial charge in [0.05, 0.1) is 0 Å². The minimum atomic E-state index is -1.26. The molecule has 0 amide bonds. The molecule has 1 aliphatic heterocycles. The Balaban J connectivity index is 1.95. The first-order valence-corrected chi connectivity index (χ1v) is 7.70. The van der Waals surface area contributed by atoms with Crippen molar-refractivity contribution in [3.63, 3.8) is 0 Å². The van der Waals surface area contributed by atoms with Crippen LogP contribution in [0, 0.1) is 11.8 Å². The van der Waals surface area contributed by atoms with Gasteiger partial charge >= 0.3 is 0 Å². The number of rotatable bonds is 3. The van der Waals surface area contributed by atoms with Gasteiger partial charge in [-0.15, -0.1) is 0 Å². The zero-order valence-electron chi connectivity index (χ0n) is 12.6. The second kappa shape index (κ2) is 6.60. The molecule has 0 aromatic heterocycles. The molecule has 2 heteroatoms. The summed E-state index contributed by atoms with van der Waals surface area (Å²) >= 11 is 0. The first-order valence-electron chi connectivity index (χ1n) is 7.70. The Morgan fingerprint density at radius 3 is 2.05 bits per heavy atom. The van der Waals surface area contributed by atoms with Crippen LogP contribution >= 0.6 is 0 Å².